The highest BCUT2D eigenvalue weighted by Crippen LogP contribution is 2.41. The molecule has 0 aliphatic carbocycles. The van der Waals surface area contributed by atoms with E-state index in [0.29, 0.717) is 22.9 Å². The molecule has 4 heterocycles. The number of aromatic nitrogens is 3. The molecule has 0 fully saturated rings. The quantitative estimate of drug-likeness (QED) is 0.160. The van der Waals surface area contributed by atoms with Crippen molar-refractivity contribution in [3.8, 4) is 56.2 Å². The van der Waals surface area contributed by atoms with Crippen molar-refractivity contribution in [2.75, 3.05) is 0 Å². The first-order valence-electron chi connectivity index (χ1n) is 21.3. The smallest absolute Gasteiger partial charge is 0.164 e. The fraction of sp³-hybridized carbons (Fsp3) is 0.0172. The number of rotatable bonds is 7. The number of allylic oxidation sites excluding steroid dienone is 1. The molecule has 0 spiro atoms. The molecule has 0 aliphatic heterocycles. The van der Waals surface area contributed by atoms with Gasteiger partial charge in [0.1, 0.15) is 22.2 Å². The highest BCUT2D eigenvalue weighted by atomic mass is 32.1. The lowest BCUT2D eigenvalue weighted by molar-refractivity contribution is 0.574. The zero-order valence-electron chi connectivity index (χ0n) is 34.7. The third kappa shape index (κ3) is 6.34. The van der Waals surface area contributed by atoms with Crippen LogP contribution in [0, 0.1) is 0 Å². The van der Waals surface area contributed by atoms with E-state index in [1.807, 2.05) is 66.8 Å². The van der Waals surface area contributed by atoms with Crippen LogP contribution in [0.5, 0.6) is 0 Å². The SMILES string of the molecule is C=C/C(c1nc(-c2ccccc2)nc(-c2ccc(-c3ccccc3)cc2)n1)=c1\c(=C/C)oc2ccc(-c3cccc4oc5ccc(-c6ccc7c(c6)sc6ccccc67)cc5c34)cc12. The molecule has 0 N–H and O–H groups in total. The summed E-state index contributed by atoms with van der Waals surface area (Å²) in [7, 11) is 0. The molecule has 64 heavy (non-hydrogen) atoms. The fourth-order valence-corrected chi connectivity index (χ4v) is 10.2. The van der Waals surface area contributed by atoms with Crippen molar-refractivity contribution in [2.24, 2.45) is 0 Å². The largest absolute Gasteiger partial charge is 0.456 e. The summed E-state index contributed by atoms with van der Waals surface area (Å²) in [5.41, 5.74) is 12.4. The number of hydrogen-bond acceptors (Lipinski definition) is 6. The van der Waals surface area contributed by atoms with Crippen molar-refractivity contribution in [1.82, 2.24) is 15.0 Å². The predicted octanol–water partition coefficient (Wildman–Crippen LogP) is 14.4. The van der Waals surface area contributed by atoms with Gasteiger partial charge in [-0.3, -0.25) is 0 Å². The van der Waals surface area contributed by atoms with E-state index < -0.39 is 0 Å². The van der Waals surface area contributed by atoms with Crippen molar-refractivity contribution >= 4 is 76.1 Å². The Kier molecular flexibility index (Phi) is 8.99. The summed E-state index contributed by atoms with van der Waals surface area (Å²) < 4.78 is 15.7. The molecule has 12 aromatic rings. The van der Waals surface area contributed by atoms with Gasteiger partial charge in [0, 0.05) is 58.2 Å². The predicted molar refractivity (Wildman–Crippen MR) is 265 cm³/mol. The van der Waals surface area contributed by atoms with Gasteiger partial charge in [-0.1, -0.05) is 152 Å². The van der Waals surface area contributed by atoms with Crippen LogP contribution < -0.4 is 10.6 Å². The van der Waals surface area contributed by atoms with Gasteiger partial charge in [-0.05, 0) is 88.8 Å². The van der Waals surface area contributed by atoms with Crippen LogP contribution in [0.1, 0.15) is 12.7 Å². The van der Waals surface area contributed by atoms with Crippen LogP contribution in [0.4, 0.5) is 0 Å². The molecule has 0 amide bonds. The van der Waals surface area contributed by atoms with Gasteiger partial charge in [0.05, 0.1) is 0 Å². The average Bonchev–Trinajstić information content (AvgIpc) is 4.05. The highest BCUT2D eigenvalue weighted by Gasteiger charge is 2.19. The molecule has 0 bridgehead atoms. The van der Waals surface area contributed by atoms with Crippen molar-refractivity contribution in [2.45, 2.75) is 6.92 Å². The molecule has 0 atom stereocenters. The van der Waals surface area contributed by atoms with Crippen LogP contribution >= 0.6 is 11.3 Å². The molecule has 12 rings (SSSR count). The molecule has 6 heteroatoms. The second-order valence-corrected chi connectivity index (χ2v) is 17.0. The van der Waals surface area contributed by atoms with Gasteiger partial charge in [-0.15, -0.1) is 11.3 Å². The molecule has 8 aromatic carbocycles. The molecular formula is C58H37N3O2S. The molecule has 302 valence electrons. The van der Waals surface area contributed by atoms with E-state index >= 15 is 0 Å². The topological polar surface area (TPSA) is 65.0 Å². The zero-order valence-corrected chi connectivity index (χ0v) is 35.6. The molecule has 0 saturated heterocycles. The Morgan fingerprint density at radius 3 is 1.83 bits per heavy atom. The van der Waals surface area contributed by atoms with Crippen molar-refractivity contribution < 1.29 is 8.83 Å². The van der Waals surface area contributed by atoms with Gasteiger partial charge in [0.2, 0.25) is 0 Å². The Morgan fingerprint density at radius 1 is 0.469 bits per heavy atom. The van der Waals surface area contributed by atoms with Gasteiger partial charge in [0.15, 0.2) is 17.5 Å². The van der Waals surface area contributed by atoms with Crippen LogP contribution in [-0.2, 0) is 0 Å². The summed E-state index contributed by atoms with van der Waals surface area (Å²) in [4.78, 5) is 15.3. The first-order valence-corrected chi connectivity index (χ1v) is 22.1. The molecule has 0 unspecified atom stereocenters. The van der Waals surface area contributed by atoms with Crippen LogP contribution in [0.15, 0.2) is 203 Å². The Balaban J connectivity index is 1.02. The third-order valence-corrected chi connectivity index (χ3v) is 13.3. The van der Waals surface area contributed by atoms with E-state index in [0.717, 1.165) is 82.6 Å². The summed E-state index contributed by atoms with van der Waals surface area (Å²) in [6, 6.07) is 63.4. The fourth-order valence-electron chi connectivity index (χ4n) is 9.01. The van der Waals surface area contributed by atoms with Gasteiger partial charge < -0.3 is 8.83 Å². The Labute approximate surface area is 372 Å². The summed E-state index contributed by atoms with van der Waals surface area (Å²) in [6.45, 7) is 6.32. The molecule has 5 nitrogen and oxygen atoms in total. The summed E-state index contributed by atoms with van der Waals surface area (Å²) in [5.74, 6) is 1.65. The minimum Gasteiger partial charge on any atom is -0.456 e. The van der Waals surface area contributed by atoms with E-state index in [4.69, 9.17) is 23.8 Å². The second-order valence-electron chi connectivity index (χ2n) is 15.9. The maximum absolute atomic E-state index is 6.57. The number of fused-ring (bicyclic) bond motifs is 7. The maximum atomic E-state index is 6.57. The number of thiophene rings is 1. The van der Waals surface area contributed by atoms with E-state index in [1.54, 1.807) is 0 Å². The normalized spacial score (nSPS) is 12.5. The highest BCUT2D eigenvalue weighted by molar-refractivity contribution is 7.25. The van der Waals surface area contributed by atoms with E-state index in [9.17, 15) is 0 Å². The average molecular weight is 840 g/mol. The molecular weight excluding hydrogens is 803 g/mol. The van der Waals surface area contributed by atoms with Crippen LogP contribution in [0.2, 0.25) is 0 Å². The van der Waals surface area contributed by atoms with Gasteiger partial charge in [-0.25, -0.2) is 15.0 Å². The molecule has 4 aromatic heterocycles. The Morgan fingerprint density at radius 2 is 1.06 bits per heavy atom. The summed E-state index contributed by atoms with van der Waals surface area (Å²) in [5, 5.41) is 6.52. The number of furan rings is 2. The minimum absolute atomic E-state index is 0.506. The molecule has 0 radical (unpaired) electrons. The minimum atomic E-state index is 0.506. The van der Waals surface area contributed by atoms with E-state index in [-0.39, 0.29) is 0 Å². The number of hydrogen-bond donors (Lipinski definition) is 0. The van der Waals surface area contributed by atoms with Crippen LogP contribution in [0.25, 0.3) is 121 Å². The van der Waals surface area contributed by atoms with E-state index in [1.165, 1.54) is 25.7 Å². The first kappa shape index (κ1) is 37.6. The van der Waals surface area contributed by atoms with Gasteiger partial charge in [0.25, 0.3) is 0 Å². The Hall–Kier alpha value is -8.19. The summed E-state index contributed by atoms with van der Waals surface area (Å²) >= 11 is 1.84. The number of benzene rings is 8. The second kappa shape index (κ2) is 15.3. The first-order chi connectivity index (χ1) is 31.6. The monoisotopic (exact) mass is 839 g/mol. The van der Waals surface area contributed by atoms with Crippen molar-refractivity contribution in [3.05, 3.63) is 211 Å². The van der Waals surface area contributed by atoms with Crippen molar-refractivity contribution in [3.63, 3.8) is 0 Å². The molecule has 0 aliphatic rings. The van der Waals surface area contributed by atoms with Crippen LogP contribution in [0.3, 0.4) is 0 Å². The zero-order chi connectivity index (χ0) is 42.7. The van der Waals surface area contributed by atoms with E-state index in [2.05, 4.69) is 152 Å². The lowest BCUT2D eigenvalue weighted by Crippen LogP contribution is -2.24. The lowest BCUT2D eigenvalue weighted by Gasteiger charge is -2.10. The maximum Gasteiger partial charge on any atom is 0.164 e. The third-order valence-electron chi connectivity index (χ3n) is 12.1. The van der Waals surface area contributed by atoms with Gasteiger partial charge >= 0.3 is 0 Å². The lowest BCUT2D eigenvalue weighted by atomic mass is 9.96. The summed E-state index contributed by atoms with van der Waals surface area (Å²) in [6.07, 6.45) is 3.82. The Bertz CT molecular complexity index is 3920. The number of nitrogens with zero attached hydrogens (tertiary/aromatic N) is 3. The van der Waals surface area contributed by atoms with Crippen molar-refractivity contribution in [1.29, 1.82) is 0 Å². The van der Waals surface area contributed by atoms with Crippen LogP contribution in [-0.4, -0.2) is 15.0 Å². The van der Waals surface area contributed by atoms with Gasteiger partial charge in [-0.2, -0.15) is 0 Å². The molecule has 0 saturated carbocycles. The standard InChI is InChI=1S/C58H37N3O2S/c1-3-42(58-60-56(37-16-9-6-10-17-37)59-57(61-58)38-24-22-36(23-25-38)35-14-7-5-8-15-35)54-47-33-41(28-31-49(47)62-48(54)4-2)43-19-13-20-51-55(43)46-32-39(27-30-50(46)63-51)40-26-29-45-44-18-11-12-21-52(44)64-53(45)34-40/h3-34H,1H2,2H3/b48-4+,54-42+.